The Kier molecular flexibility index (Phi) is 4.62. The molecule has 23 heavy (non-hydrogen) atoms. The zero-order valence-electron chi connectivity index (χ0n) is 12.2. The summed E-state index contributed by atoms with van der Waals surface area (Å²) in [5.41, 5.74) is -1.00. The maximum atomic E-state index is 13.4. The van der Waals surface area contributed by atoms with Crippen molar-refractivity contribution in [2.45, 2.75) is 25.2 Å². The number of rotatable bonds is 4. The van der Waals surface area contributed by atoms with Crippen LogP contribution in [0.4, 0.5) is 17.6 Å². The summed E-state index contributed by atoms with van der Waals surface area (Å²) in [6.45, 7) is 0.122. The molecule has 0 aromatic carbocycles. The van der Waals surface area contributed by atoms with Crippen molar-refractivity contribution in [1.82, 2.24) is 14.7 Å². The molecule has 1 aromatic heterocycles. The highest BCUT2D eigenvalue weighted by Crippen LogP contribution is 2.29. The number of aryl methyl sites for hydroxylation is 1. The molecule has 1 aliphatic heterocycles. The minimum absolute atomic E-state index is 0.0592. The third kappa shape index (κ3) is 3.80. The number of alkyl halides is 4. The maximum absolute atomic E-state index is 13.4. The van der Waals surface area contributed by atoms with Crippen LogP contribution >= 0.6 is 0 Å². The van der Waals surface area contributed by atoms with E-state index in [2.05, 4.69) is 5.10 Å². The number of hydrogen-bond donors (Lipinski definition) is 1. The summed E-state index contributed by atoms with van der Waals surface area (Å²) >= 11 is 0. The molecule has 1 aliphatic rings. The fraction of sp³-hybridized carbons (Fsp3) is 0.615. The zero-order chi connectivity index (χ0) is 17.4. The number of carboxylic acid groups (broad SMARTS) is 1. The van der Waals surface area contributed by atoms with Gasteiger partial charge in [0.15, 0.2) is 5.69 Å². The number of amides is 1. The summed E-state index contributed by atoms with van der Waals surface area (Å²) in [6, 6.07) is 0.792. The maximum Gasteiger partial charge on any atom is 0.435 e. The molecule has 0 aliphatic carbocycles. The molecule has 1 saturated heterocycles. The van der Waals surface area contributed by atoms with E-state index < -0.39 is 35.8 Å². The fourth-order valence-corrected chi connectivity index (χ4v) is 2.53. The van der Waals surface area contributed by atoms with Crippen LogP contribution in [0.15, 0.2) is 6.07 Å². The molecule has 2 rings (SSSR count). The van der Waals surface area contributed by atoms with Crippen molar-refractivity contribution < 1.29 is 32.3 Å². The largest absolute Gasteiger partial charge is 0.479 e. The minimum Gasteiger partial charge on any atom is -0.479 e. The molecule has 6 nitrogen and oxygen atoms in total. The number of hydrogen-bond acceptors (Lipinski definition) is 3. The van der Waals surface area contributed by atoms with Crippen LogP contribution in [-0.2, 0) is 29.2 Å². The second kappa shape index (κ2) is 6.17. The van der Waals surface area contributed by atoms with Crippen LogP contribution < -0.4 is 0 Å². The van der Waals surface area contributed by atoms with Gasteiger partial charge >= 0.3 is 12.1 Å². The Morgan fingerprint density at radius 2 is 2.13 bits per heavy atom. The SMILES string of the molecule is Cn1nc(C(F)(F)F)cc1CC(=O)N1CCC(C(F)C(=O)O)C1. The second-order valence-electron chi connectivity index (χ2n) is 5.45. The molecule has 1 aromatic rings. The van der Waals surface area contributed by atoms with E-state index in [0.29, 0.717) is 0 Å². The van der Waals surface area contributed by atoms with E-state index >= 15 is 0 Å². The smallest absolute Gasteiger partial charge is 0.435 e. The Labute approximate surface area is 128 Å². The van der Waals surface area contributed by atoms with Gasteiger partial charge in [0.1, 0.15) is 0 Å². The molecular weight excluding hydrogens is 322 g/mol. The molecule has 2 unspecified atom stereocenters. The first kappa shape index (κ1) is 17.2. The molecule has 2 heterocycles. The molecule has 1 N–H and O–H groups in total. The first-order chi connectivity index (χ1) is 10.6. The van der Waals surface area contributed by atoms with Crippen LogP contribution in [-0.4, -0.2) is 50.9 Å². The average molecular weight is 337 g/mol. The summed E-state index contributed by atoms with van der Waals surface area (Å²) < 4.78 is 52.1. The number of carbonyl (C=O) groups is 2. The number of carbonyl (C=O) groups excluding carboxylic acids is 1. The number of halogens is 4. The van der Waals surface area contributed by atoms with Gasteiger partial charge in [-0.25, -0.2) is 9.18 Å². The molecule has 10 heteroatoms. The Morgan fingerprint density at radius 3 is 2.65 bits per heavy atom. The van der Waals surface area contributed by atoms with Gasteiger partial charge in [0.25, 0.3) is 0 Å². The lowest BCUT2D eigenvalue weighted by atomic mass is 10.0. The van der Waals surface area contributed by atoms with Gasteiger partial charge in [-0.15, -0.1) is 0 Å². The highest BCUT2D eigenvalue weighted by atomic mass is 19.4. The van der Waals surface area contributed by atoms with Crippen molar-refractivity contribution in [3.05, 3.63) is 17.5 Å². The topological polar surface area (TPSA) is 75.4 Å². The van der Waals surface area contributed by atoms with E-state index in [-0.39, 0.29) is 31.6 Å². The third-order valence-electron chi connectivity index (χ3n) is 3.83. The monoisotopic (exact) mass is 337 g/mol. The zero-order valence-corrected chi connectivity index (χ0v) is 12.2. The van der Waals surface area contributed by atoms with Gasteiger partial charge < -0.3 is 10.0 Å². The quantitative estimate of drug-likeness (QED) is 0.839. The molecule has 0 radical (unpaired) electrons. The lowest BCUT2D eigenvalue weighted by Crippen LogP contribution is -2.33. The number of nitrogens with zero attached hydrogens (tertiary/aromatic N) is 3. The van der Waals surface area contributed by atoms with E-state index in [1.807, 2.05) is 0 Å². The van der Waals surface area contributed by atoms with Crippen molar-refractivity contribution in [1.29, 1.82) is 0 Å². The van der Waals surface area contributed by atoms with Gasteiger partial charge in [-0.1, -0.05) is 0 Å². The normalized spacial score (nSPS) is 19.9. The molecule has 1 fully saturated rings. The van der Waals surface area contributed by atoms with Crippen molar-refractivity contribution >= 4 is 11.9 Å². The molecule has 128 valence electrons. The van der Waals surface area contributed by atoms with Crippen LogP contribution in [0.1, 0.15) is 17.8 Å². The van der Waals surface area contributed by atoms with Crippen molar-refractivity contribution in [2.24, 2.45) is 13.0 Å². The highest BCUT2D eigenvalue weighted by Gasteiger charge is 2.37. The van der Waals surface area contributed by atoms with E-state index in [4.69, 9.17) is 5.11 Å². The summed E-state index contributed by atoms with van der Waals surface area (Å²) in [5, 5.41) is 11.9. The van der Waals surface area contributed by atoms with Crippen LogP contribution in [0, 0.1) is 5.92 Å². The molecule has 0 saturated carbocycles. The van der Waals surface area contributed by atoms with Crippen LogP contribution in [0.2, 0.25) is 0 Å². The highest BCUT2D eigenvalue weighted by molar-refractivity contribution is 5.79. The fourth-order valence-electron chi connectivity index (χ4n) is 2.53. The Balaban J connectivity index is 2.01. The number of carboxylic acids is 1. The number of likely N-dealkylation sites (tertiary alicyclic amines) is 1. The first-order valence-corrected chi connectivity index (χ1v) is 6.84. The van der Waals surface area contributed by atoms with Crippen LogP contribution in [0.25, 0.3) is 0 Å². The average Bonchev–Trinajstić information content (AvgIpc) is 3.05. The van der Waals surface area contributed by atoms with Crippen molar-refractivity contribution in [3.8, 4) is 0 Å². The lowest BCUT2D eigenvalue weighted by molar-refractivity contribution is -0.145. The summed E-state index contributed by atoms with van der Waals surface area (Å²) in [7, 11) is 1.30. The Bertz CT molecular complexity index is 614. The number of aromatic nitrogens is 2. The van der Waals surface area contributed by atoms with E-state index in [9.17, 15) is 27.2 Å². The molecule has 0 bridgehead atoms. The van der Waals surface area contributed by atoms with E-state index in [0.717, 1.165) is 10.7 Å². The Morgan fingerprint density at radius 1 is 1.48 bits per heavy atom. The standard InChI is InChI=1S/C13H15F4N3O3/c1-19-8(4-9(18-19)13(15,16)17)5-10(21)20-3-2-7(6-20)11(14)12(22)23/h4,7,11H,2-3,5-6H2,1H3,(H,22,23). The van der Waals surface area contributed by atoms with Gasteiger partial charge in [-0.2, -0.15) is 18.3 Å². The van der Waals surface area contributed by atoms with E-state index in [1.54, 1.807) is 0 Å². The third-order valence-corrected chi connectivity index (χ3v) is 3.83. The lowest BCUT2D eigenvalue weighted by Gasteiger charge is -2.17. The summed E-state index contributed by atoms with van der Waals surface area (Å²) in [4.78, 5) is 24.0. The number of aliphatic carboxylic acids is 1. The van der Waals surface area contributed by atoms with Gasteiger partial charge in [0.05, 0.1) is 6.42 Å². The predicted molar refractivity (Wildman–Crippen MR) is 69.1 cm³/mol. The minimum atomic E-state index is -4.60. The van der Waals surface area contributed by atoms with Gasteiger partial charge in [-0.05, 0) is 12.5 Å². The first-order valence-electron chi connectivity index (χ1n) is 6.84. The molecule has 0 spiro atoms. The van der Waals surface area contributed by atoms with Crippen LogP contribution in [0.3, 0.4) is 0 Å². The van der Waals surface area contributed by atoms with Gasteiger partial charge in [0.2, 0.25) is 12.1 Å². The summed E-state index contributed by atoms with van der Waals surface area (Å²) in [5.74, 6) is -2.86. The van der Waals surface area contributed by atoms with Crippen molar-refractivity contribution in [3.63, 3.8) is 0 Å². The molecule has 1 amide bonds. The molecular formula is C13H15F4N3O3. The molecule has 2 atom stereocenters. The van der Waals surface area contributed by atoms with Gasteiger partial charge in [-0.3, -0.25) is 9.48 Å². The second-order valence-corrected chi connectivity index (χ2v) is 5.45. The Hall–Kier alpha value is -2.13. The summed E-state index contributed by atoms with van der Waals surface area (Å²) in [6.07, 6.45) is -6.75. The van der Waals surface area contributed by atoms with Gasteiger partial charge in [0, 0.05) is 31.7 Å². The van der Waals surface area contributed by atoms with Crippen LogP contribution in [0.5, 0.6) is 0 Å². The van der Waals surface area contributed by atoms with Crippen molar-refractivity contribution in [2.75, 3.05) is 13.1 Å². The predicted octanol–water partition coefficient (Wildman–Crippen LogP) is 1.25. The van der Waals surface area contributed by atoms with E-state index in [1.165, 1.54) is 11.9 Å².